The van der Waals surface area contributed by atoms with E-state index in [0.717, 1.165) is 53.8 Å². The highest BCUT2D eigenvalue weighted by atomic mass is 16.5. The molecule has 0 spiro atoms. The number of nitrogens with two attached hydrogens (primary N) is 1. The molecular formula is C16H21N3O2. The summed E-state index contributed by atoms with van der Waals surface area (Å²) in [6, 6.07) is 5.71. The van der Waals surface area contributed by atoms with Gasteiger partial charge in [-0.2, -0.15) is 0 Å². The van der Waals surface area contributed by atoms with E-state index < -0.39 is 0 Å². The van der Waals surface area contributed by atoms with E-state index in [1.165, 1.54) is 0 Å². The number of nitrogen functional groups attached to an aromatic ring is 1. The highest BCUT2D eigenvalue weighted by Gasteiger charge is 2.25. The number of benzene rings is 1. The van der Waals surface area contributed by atoms with Gasteiger partial charge in [0, 0.05) is 24.1 Å². The first kappa shape index (κ1) is 13.8. The Morgan fingerprint density at radius 1 is 1.29 bits per heavy atom. The van der Waals surface area contributed by atoms with Gasteiger partial charge >= 0.3 is 0 Å². The van der Waals surface area contributed by atoms with Crippen LogP contribution in [0, 0.1) is 0 Å². The molecule has 0 radical (unpaired) electrons. The van der Waals surface area contributed by atoms with E-state index in [4.69, 9.17) is 20.2 Å². The Labute approximate surface area is 124 Å². The minimum Gasteiger partial charge on any atom is -0.497 e. The molecular weight excluding hydrogens is 266 g/mol. The molecule has 1 aromatic carbocycles. The lowest BCUT2D eigenvalue weighted by atomic mass is 10.0. The van der Waals surface area contributed by atoms with Crippen LogP contribution < -0.4 is 15.2 Å². The van der Waals surface area contributed by atoms with Crippen LogP contribution in [0.3, 0.4) is 0 Å². The first-order valence-electron chi connectivity index (χ1n) is 7.24. The molecule has 112 valence electrons. The third kappa shape index (κ3) is 2.22. The van der Waals surface area contributed by atoms with Crippen molar-refractivity contribution in [3.8, 4) is 22.8 Å². The number of ether oxygens (including phenoxy) is 2. The van der Waals surface area contributed by atoms with Crippen molar-refractivity contribution in [1.29, 1.82) is 0 Å². The fraction of sp³-hybridized carbons (Fsp3) is 0.438. The number of imidazole rings is 1. The van der Waals surface area contributed by atoms with E-state index in [0.29, 0.717) is 5.92 Å². The van der Waals surface area contributed by atoms with Gasteiger partial charge in [-0.3, -0.25) is 0 Å². The summed E-state index contributed by atoms with van der Waals surface area (Å²) in [6.07, 6.45) is 2.31. The molecule has 1 unspecified atom stereocenters. The second-order valence-electron chi connectivity index (χ2n) is 5.46. The van der Waals surface area contributed by atoms with Crippen molar-refractivity contribution in [1.82, 2.24) is 9.55 Å². The number of anilines is 1. The molecule has 0 saturated heterocycles. The average Bonchev–Trinajstić information content (AvgIpc) is 2.85. The molecule has 0 amide bonds. The van der Waals surface area contributed by atoms with Crippen molar-refractivity contribution in [2.45, 2.75) is 32.2 Å². The number of methoxy groups -OCH3 is 2. The lowest BCUT2D eigenvalue weighted by Crippen LogP contribution is -2.15. The van der Waals surface area contributed by atoms with Crippen molar-refractivity contribution in [3.05, 3.63) is 24.0 Å². The molecule has 3 rings (SSSR count). The topological polar surface area (TPSA) is 62.3 Å². The van der Waals surface area contributed by atoms with Gasteiger partial charge in [0.05, 0.1) is 14.2 Å². The number of hydrogen-bond acceptors (Lipinski definition) is 4. The van der Waals surface area contributed by atoms with Crippen LogP contribution in [-0.4, -0.2) is 23.8 Å². The van der Waals surface area contributed by atoms with Gasteiger partial charge in [-0.1, -0.05) is 6.92 Å². The summed E-state index contributed by atoms with van der Waals surface area (Å²) < 4.78 is 12.8. The average molecular weight is 287 g/mol. The van der Waals surface area contributed by atoms with Crippen LogP contribution in [0.1, 0.15) is 31.5 Å². The summed E-state index contributed by atoms with van der Waals surface area (Å²) >= 11 is 0. The minimum atomic E-state index is 0.444. The standard InChI is InChI=1S/C16H21N3O2/c1-10-5-4-8-19-15(17)14(18-16(10)19)12-7-6-11(20-2)9-13(12)21-3/h6-7,9-10H,4-5,8,17H2,1-3H3. The molecule has 1 aromatic heterocycles. The van der Waals surface area contributed by atoms with Crippen LogP contribution in [0.2, 0.25) is 0 Å². The maximum absolute atomic E-state index is 6.33. The Balaban J connectivity index is 2.13. The van der Waals surface area contributed by atoms with Crippen molar-refractivity contribution < 1.29 is 9.47 Å². The summed E-state index contributed by atoms with van der Waals surface area (Å²) in [6.45, 7) is 3.14. The van der Waals surface area contributed by atoms with E-state index in [2.05, 4.69) is 11.5 Å². The van der Waals surface area contributed by atoms with Gasteiger partial charge in [0.15, 0.2) is 0 Å². The molecule has 5 heteroatoms. The van der Waals surface area contributed by atoms with Crippen LogP contribution >= 0.6 is 0 Å². The molecule has 5 nitrogen and oxygen atoms in total. The third-order valence-corrected chi connectivity index (χ3v) is 4.16. The molecule has 1 aliphatic heterocycles. The Hall–Kier alpha value is -2.17. The van der Waals surface area contributed by atoms with Crippen molar-refractivity contribution in [3.63, 3.8) is 0 Å². The highest BCUT2D eigenvalue weighted by Crippen LogP contribution is 2.39. The SMILES string of the molecule is COc1ccc(-c2nc3n(c2N)CCCC3C)c(OC)c1. The van der Waals surface area contributed by atoms with Crippen molar-refractivity contribution in [2.24, 2.45) is 0 Å². The minimum absolute atomic E-state index is 0.444. The van der Waals surface area contributed by atoms with Crippen LogP contribution in [0.5, 0.6) is 11.5 Å². The van der Waals surface area contributed by atoms with Crippen LogP contribution in [0.15, 0.2) is 18.2 Å². The quantitative estimate of drug-likeness (QED) is 0.942. The van der Waals surface area contributed by atoms with Gasteiger partial charge in [0.1, 0.15) is 28.8 Å². The molecule has 0 aliphatic carbocycles. The monoisotopic (exact) mass is 287 g/mol. The van der Waals surface area contributed by atoms with E-state index in [9.17, 15) is 0 Å². The summed E-state index contributed by atoms with van der Waals surface area (Å²) in [5.41, 5.74) is 8.04. The highest BCUT2D eigenvalue weighted by molar-refractivity contribution is 5.77. The van der Waals surface area contributed by atoms with Crippen LogP contribution in [0.4, 0.5) is 5.82 Å². The predicted octanol–water partition coefficient (Wildman–Crippen LogP) is 3.05. The first-order chi connectivity index (χ1) is 10.2. The fourth-order valence-corrected chi connectivity index (χ4v) is 2.97. The zero-order valence-electron chi connectivity index (χ0n) is 12.7. The summed E-state index contributed by atoms with van der Waals surface area (Å²) in [5, 5.41) is 0. The lowest BCUT2D eigenvalue weighted by molar-refractivity contribution is 0.395. The molecule has 0 saturated carbocycles. The van der Waals surface area contributed by atoms with Gasteiger partial charge in [-0.05, 0) is 25.0 Å². The zero-order chi connectivity index (χ0) is 15.0. The van der Waals surface area contributed by atoms with Gasteiger partial charge in [0.2, 0.25) is 0 Å². The first-order valence-corrected chi connectivity index (χ1v) is 7.24. The van der Waals surface area contributed by atoms with E-state index >= 15 is 0 Å². The molecule has 2 N–H and O–H groups in total. The molecule has 1 aliphatic rings. The number of nitrogens with zero attached hydrogens (tertiary/aromatic N) is 2. The normalized spacial score (nSPS) is 17.4. The second-order valence-corrected chi connectivity index (χ2v) is 5.46. The Morgan fingerprint density at radius 2 is 2.10 bits per heavy atom. The molecule has 0 fully saturated rings. The summed E-state index contributed by atoms with van der Waals surface area (Å²) in [4.78, 5) is 4.78. The fourth-order valence-electron chi connectivity index (χ4n) is 2.97. The molecule has 2 aromatic rings. The van der Waals surface area contributed by atoms with Gasteiger partial charge < -0.3 is 19.8 Å². The number of rotatable bonds is 3. The molecule has 21 heavy (non-hydrogen) atoms. The zero-order valence-corrected chi connectivity index (χ0v) is 12.7. The van der Waals surface area contributed by atoms with Gasteiger partial charge in [-0.15, -0.1) is 0 Å². The maximum Gasteiger partial charge on any atom is 0.132 e. The maximum atomic E-state index is 6.33. The van der Waals surface area contributed by atoms with Gasteiger partial charge in [0.25, 0.3) is 0 Å². The third-order valence-electron chi connectivity index (χ3n) is 4.16. The number of aromatic nitrogens is 2. The Bertz CT molecular complexity index is 664. The molecule has 0 bridgehead atoms. The Kier molecular flexibility index (Phi) is 3.49. The van der Waals surface area contributed by atoms with Crippen LogP contribution in [0.25, 0.3) is 11.3 Å². The van der Waals surface area contributed by atoms with E-state index in [1.54, 1.807) is 14.2 Å². The summed E-state index contributed by atoms with van der Waals surface area (Å²) in [7, 11) is 3.28. The van der Waals surface area contributed by atoms with E-state index in [-0.39, 0.29) is 0 Å². The van der Waals surface area contributed by atoms with Crippen molar-refractivity contribution in [2.75, 3.05) is 20.0 Å². The predicted molar refractivity (Wildman–Crippen MR) is 82.8 cm³/mol. The van der Waals surface area contributed by atoms with Crippen LogP contribution in [-0.2, 0) is 6.54 Å². The summed E-state index contributed by atoms with van der Waals surface area (Å²) in [5.74, 6) is 3.72. The molecule has 2 heterocycles. The van der Waals surface area contributed by atoms with Crippen molar-refractivity contribution >= 4 is 5.82 Å². The number of fused-ring (bicyclic) bond motifs is 1. The smallest absolute Gasteiger partial charge is 0.132 e. The molecule has 1 atom stereocenters. The van der Waals surface area contributed by atoms with E-state index in [1.807, 2.05) is 18.2 Å². The largest absolute Gasteiger partial charge is 0.497 e. The lowest BCUT2D eigenvalue weighted by Gasteiger charge is -2.20. The van der Waals surface area contributed by atoms with Gasteiger partial charge in [-0.25, -0.2) is 4.98 Å². The Morgan fingerprint density at radius 3 is 2.76 bits per heavy atom. The second kappa shape index (κ2) is 5.31. The number of hydrogen-bond donors (Lipinski definition) is 1.